The number of carbonyl (C=O) groups is 2. The van der Waals surface area contributed by atoms with Gasteiger partial charge in [-0.25, -0.2) is 4.79 Å². The Balaban J connectivity index is 2.51. The van der Waals surface area contributed by atoms with E-state index >= 15 is 0 Å². The molecule has 1 N–H and O–H groups in total. The van der Waals surface area contributed by atoms with E-state index in [1.165, 1.54) is 0 Å². The Hall–Kier alpha value is -1.07. The molecule has 0 aliphatic carbocycles. The van der Waals surface area contributed by atoms with Crippen molar-refractivity contribution in [3.63, 3.8) is 0 Å². The first-order chi connectivity index (χ1) is 9.43. The Bertz CT molecular complexity index is 493. The zero-order chi connectivity index (χ0) is 15.1. The lowest BCUT2D eigenvalue weighted by molar-refractivity contribution is -0.124. The molecule has 1 aromatic carbocycles. The first kappa shape index (κ1) is 17.0. The van der Waals surface area contributed by atoms with E-state index in [0.717, 1.165) is 17.3 Å². The van der Waals surface area contributed by atoms with E-state index in [0.29, 0.717) is 0 Å². The largest absolute Gasteiger partial charge is 0.452 e. The van der Waals surface area contributed by atoms with Crippen LogP contribution in [0.15, 0.2) is 22.7 Å². The fourth-order valence-corrected chi connectivity index (χ4v) is 2.24. The molecule has 1 aromatic rings. The van der Waals surface area contributed by atoms with Gasteiger partial charge in [-0.3, -0.25) is 4.79 Å². The van der Waals surface area contributed by atoms with Gasteiger partial charge < -0.3 is 10.1 Å². The van der Waals surface area contributed by atoms with E-state index in [9.17, 15) is 9.59 Å². The number of halogens is 2. The number of benzene rings is 1. The summed E-state index contributed by atoms with van der Waals surface area (Å²) in [4.78, 5) is 23.4. The van der Waals surface area contributed by atoms with Gasteiger partial charge in [0.1, 0.15) is 0 Å². The molecule has 110 valence electrons. The topological polar surface area (TPSA) is 55.4 Å². The van der Waals surface area contributed by atoms with Gasteiger partial charge >= 0.3 is 5.97 Å². The minimum Gasteiger partial charge on any atom is -0.452 e. The van der Waals surface area contributed by atoms with Gasteiger partial charge in [0.2, 0.25) is 0 Å². The van der Waals surface area contributed by atoms with Crippen LogP contribution in [-0.2, 0) is 9.53 Å². The van der Waals surface area contributed by atoms with E-state index in [4.69, 9.17) is 16.3 Å². The highest BCUT2D eigenvalue weighted by atomic mass is 79.9. The summed E-state index contributed by atoms with van der Waals surface area (Å²) in [5, 5.41) is 3.04. The molecule has 4 nitrogen and oxygen atoms in total. The van der Waals surface area contributed by atoms with E-state index in [-0.39, 0.29) is 29.1 Å². The average Bonchev–Trinajstić information content (AvgIpc) is 2.39. The summed E-state index contributed by atoms with van der Waals surface area (Å²) in [5.74, 6) is -0.931. The third-order valence-electron chi connectivity index (χ3n) is 2.61. The second-order valence-corrected chi connectivity index (χ2v) is 5.78. The minimum atomic E-state index is -0.616. The molecule has 0 saturated heterocycles. The number of rotatable bonds is 6. The Morgan fingerprint density at radius 1 is 1.45 bits per heavy atom. The van der Waals surface area contributed by atoms with Crippen LogP contribution >= 0.6 is 27.5 Å². The summed E-state index contributed by atoms with van der Waals surface area (Å²) < 4.78 is 5.67. The van der Waals surface area contributed by atoms with Crippen LogP contribution in [-0.4, -0.2) is 24.5 Å². The predicted molar refractivity (Wildman–Crippen MR) is 81.9 cm³/mol. The number of hydrogen-bond donors (Lipinski definition) is 1. The molecule has 0 heterocycles. The van der Waals surface area contributed by atoms with Gasteiger partial charge in [-0.15, -0.1) is 0 Å². The quantitative estimate of drug-likeness (QED) is 0.787. The maximum absolute atomic E-state index is 11.8. The Morgan fingerprint density at radius 2 is 2.15 bits per heavy atom. The summed E-state index contributed by atoms with van der Waals surface area (Å²) in [6, 6.07) is 4.94. The van der Waals surface area contributed by atoms with Gasteiger partial charge in [-0.05, 0) is 31.5 Å². The third-order valence-corrected chi connectivity index (χ3v) is 3.43. The molecule has 6 heteroatoms. The molecule has 1 amide bonds. The maximum Gasteiger partial charge on any atom is 0.340 e. The monoisotopic (exact) mass is 361 g/mol. The highest BCUT2D eigenvalue weighted by Crippen LogP contribution is 2.21. The molecule has 0 radical (unpaired) electrons. The van der Waals surface area contributed by atoms with Crippen molar-refractivity contribution in [3.8, 4) is 0 Å². The SMILES string of the molecule is CCCC(C)NC(=O)COC(=O)c1cc(Br)ccc1Cl. The normalized spacial score (nSPS) is 11.8. The van der Waals surface area contributed by atoms with Crippen molar-refractivity contribution in [1.29, 1.82) is 0 Å². The van der Waals surface area contributed by atoms with Crippen LogP contribution in [0.3, 0.4) is 0 Å². The molecule has 20 heavy (non-hydrogen) atoms. The zero-order valence-corrected chi connectivity index (χ0v) is 13.8. The van der Waals surface area contributed by atoms with Crippen molar-refractivity contribution in [2.45, 2.75) is 32.7 Å². The number of amides is 1. The molecule has 0 aliphatic heterocycles. The smallest absolute Gasteiger partial charge is 0.340 e. The zero-order valence-electron chi connectivity index (χ0n) is 11.4. The van der Waals surface area contributed by atoms with E-state index in [2.05, 4.69) is 21.2 Å². The molecule has 0 bridgehead atoms. The fraction of sp³-hybridized carbons (Fsp3) is 0.429. The van der Waals surface area contributed by atoms with Gasteiger partial charge in [-0.1, -0.05) is 40.9 Å². The van der Waals surface area contributed by atoms with Gasteiger partial charge in [0.15, 0.2) is 6.61 Å². The molecular weight excluding hydrogens is 346 g/mol. The molecule has 1 atom stereocenters. The predicted octanol–water partition coefficient (Wildman–Crippen LogP) is 3.56. The number of ether oxygens (including phenoxy) is 1. The van der Waals surface area contributed by atoms with Gasteiger partial charge in [-0.2, -0.15) is 0 Å². The molecule has 0 aromatic heterocycles. The third kappa shape index (κ3) is 5.51. The fourth-order valence-electron chi connectivity index (χ4n) is 1.68. The van der Waals surface area contributed by atoms with Crippen LogP contribution < -0.4 is 5.32 Å². The van der Waals surface area contributed by atoms with Crippen molar-refractivity contribution < 1.29 is 14.3 Å². The summed E-state index contributed by atoms with van der Waals surface area (Å²) in [6.45, 7) is 3.64. The van der Waals surface area contributed by atoms with E-state index in [1.807, 2.05) is 13.8 Å². The number of carbonyl (C=O) groups excluding carboxylic acids is 2. The van der Waals surface area contributed by atoms with Crippen molar-refractivity contribution in [2.24, 2.45) is 0 Å². The second kappa shape index (κ2) is 8.27. The lowest BCUT2D eigenvalue weighted by atomic mass is 10.2. The van der Waals surface area contributed by atoms with Crippen LogP contribution in [0.2, 0.25) is 5.02 Å². The Morgan fingerprint density at radius 3 is 2.80 bits per heavy atom. The summed E-state index contributed by atoms with van der Waals surface area (Å²) in [7, 11) is 0. The van der Waals surface area contributed by atoms with E-state index < -0.39 is 5.97 Å². The van der Waals surface area contributed by atoms with Gasteiger partial charge in [0.05, 0.1) is 10.6 Å². The Kier molecular flexibility index (Phi) is 7.02. The van der Waals surface area contributed by atoms with Crippen molar-refractivity contribution >= 4 is 39.4 Å². The van der Waals surface area contributed by atoms with Crippen LogP contribution in [0.25, 0.3) is 0 Å². The minimum absolute atomic E-state index is 0.0701. The standard InChI is InChI=1S/C14H17BrClNO3/c1-3-4-9(2)17-13(18)8-20-14(19)11-7-10(15)5-6-12(11)16/h5-7,9H,3-4,8H2,1-2H3,(H,17,18). The lowest BCUT2D eigenvalue weighted by Gasteiger charge is -2.13. The first-order valence-corrected chi connectivity index (χ1v) is 7.52. The molecule has 0 saturated carbocycles. The molecule has 0 fully saturated rings. The van der Waals surface area contributed by atoms with Crippen LogP contribution in [0.5, 0.6) is 0 Å². The van der Waals surface area contributed by atoms with E-state index in [1.54, 1.807) is 18.2 Å². The highest BCUT2D eigenvalue weighted by molar-refractivity contribution is 9.10. The molecular formula is C14H17BrClNO3. The van der Waals surface area contributed by atoms with Crippen LogP contribution in [0.1, 0.15) is 37.0 Å². The maximum atomic E-state index is 11.8. The number of esters is 1. The van der Waals surface area contributed by atoms with Crippen LogP contribution in [0.4, 0.5) is 0 Å². The van der Waals surface area contributed by atoms with Gasteiger partial charge in [0.25, 0.3) is 5.91 Å². The first-order valence-electron chi connectivity index (χ1n) is 6.35. The molecule has 0 spiro atoms. The van der Waals surface area contributed by atoms with Gasteiger partial charge in [0, 0.05) is 10.5 Å². The lowest BCUT2D eigenvalue weighted by Crippen LogP contribution is -2.35. The molecule has 1 rings (SSSR count). The van der Waals surface area contributed by atoms with Crippen molar-refractivity contribution in [1.82, 2.24) is 5.32 Å². The Labute approximate surface area is 132 Å². The molecule has 1 unspecified atom stereocenters. The molecule has 0 aliphatic rings. The second-order valence-electron chi connectivity index (χ2n) is 4.46. The summed E-state index contributed by atoms with van der Waals surface area (Å²) in [6.07, 6.45) is 1.87. The van der Waals surface area contributed by atoms with Crippen molar-refractivity contribution in [3.05, 3.63) is 33.3 Å². The van der Waals surface area contributed by atoms with Crippen LogP contribution in [0, 0.1) is 0 Å². The van der Waals surface area contributed by atoms with Crippen molar-refractivity contribution in [2.75, 3.05) is 6.61 Å². The summed E-state index contributed by atoms with van der Waals surface area (Å²) in [5.41, 5.74) is 0.232. The number of nitrogens with one attached hydrogen (secondary N) is 1. The number of hydrogen-bond acceptors (Lipinski definition) is 3. The average molecular weight is 363 g/mol. The highest BCUT2D eigenvalue weighted by Gasteiger charge is 2.15. The summed E-state index contributed by atoms with van der Waals surface area (Å²) >= 11 is 9.16.